The summed E-state index contributed by atoms with van der Waals surface area (Å²) in [6.07, 6.45) is 1.43. The Morgan fingerprint density at radius 2 is 2.16 bits per heavy atom. The summed E-state index contributed by atoms with van der Waals surface area (Å²) in [5.41, 5.74) is 1.06. The summed E-state index contributed by atoms with van der Waals surface area (Å²) >= 11 is 0. The van der Waals surface area contributed by atoms with Crippen LogP contribution in [0.2, 0.25) is 0 Å². The van der Waals surface area contributed by atoms with Crippen molar-refractivity contribution >= 4 is 17.6 Å². The van der Waals surface area contributed by atoms with E-state index in [1.54, 1.807) is 44.3 Å². The van der Waals surface area contributed by atoms with Gasteiger partial charge in [-0.2, -0.15) is 0 Å². The number of rotatable bonds is 5. The van der Waals surface area contributed by atoms with Crippen molar-refractivity contribution in [1.29, 1.82) is 0 Å². The number of anilines is 1. The molecule has 0 aliphatic heterocycles. The average Bonchev–Trinajstić information content (AvgIpc) is 3.26. The standard InChI is InChI=1S/C15H15N7O3/c1-10-6-13(18-25-10)17-14(23)8-21(2)15(24)11-4-3-5-12(7-11)22-9-16-19-20-22/h3-7,9H,8H2,1-2H3,(H,17,18,23). The van der Waals surface area contributed by atoms with Crippen molar-refractivity contribution in [2.24, 2.45) is 0 Å². The fraction of sp³-hybridized carbons (Fsp3) is 0.200. The number of aryl methyl sites for hydroxylation is 1. The fourth-order valence-corrected chi connectivity index (χ4v) is 2.18. The Labute approximate surface area is 142 Å². The molecule has 0 saturated carbocycles. The molecule has 128 valence electrons. The number of likely N-dealkylation sites (N-methyl/N-ethyl adjacent to an activating group) is 1. The maximum absolute atomic E-state index is 12.5. The molecule has 2 amide bonds. The van der Waals surface area contributed by atoms with E-state index in [0.717, 1.165) is 0 Å². The molecule has 1 N–H and O–H groups in total. The van der Waals surface area contributed by atoms with E-state index < -0.39 is 0 Å². The zero-order valence-electron chi connectivity index (χ0n) is 13.6. The molecular weight excluding hydrogens is 326 g/mol. The van der Waals surface area contributed by atoms with Crippen LogP contribution in [0.4, 0.5) is 5.82 Å². The SMILES string of the molecule is Cc1cc(NC(=O)CN(C)C(=O)c2cccc(-n3cnnn3)c2)no1. The van der Waals surface area contributed by atoms with Crippen molar-refractivity contribution < 1.29 is 14.1 Å². The van der Waals surface area contributed by atoms with Crippen molar-refractivity contribution in [2.75, 3.05) is 18.9 Å². The van der Waals surface area contributed by atoms with E-state index in [9.17, 15) is 9.59 Å². The first-order valence-electron chi connectivity index (χ1n) is 7.35. The highest BCUT2D eigenvalue weighted by atomic mass is 16.5. The third kappa shape index (κ3) is 3.86. The fourth-order valence-electron chi connectivity index (χ4n) is 2.18. The normalized spacial score (nSPS) is 10.5. The molecule has 0 aliphatic carbocycles. The minimum atomic E-state index is -0.374. The largest absolute Gasteiger partial charge is 0.360 e. The van der Waals surface area contributed by atoms with Crippen LogP contribution in [0.1, 0.15) is 16.1 Å². The van der Waals surface area contributed by atoms with Gasteiger partial charge in [0.1, 0.15) is 12.1 Å². The summed E-state index contributed by atoms with van der Waals surface area (Å²) in [6, 6.07) is 8.39. The van der Waals surface area contributed by atoms with Gasteiger partial charge in [0.25, 0.3) is 5.91 Å². The Balaban J connectivity index is 1.66. The molecule has 10 heteroatoms. The molecule has 0 unspecified atom stereocenters. The van der Waals surface area contributed by atoms with Gasteiger partial charge < -0.3 is 14.7 Å². The third-order valence-electron chi connectivity index (χ3n) is 3.33. The first-order valence-corrected chi connectivity index (χ1v) is 7.35. The molecule has 2 aromatic heterocycles. The second-order valence-corrected chi connectivity index (χ2v) is 5.34. The lowest BCUT2D eigenvalue weighted by atomic mass is 10.2. The number of nitrogens with one attached hydrogen (secondary N) is 1. The maximum atomic E-state index is 12.5. The highest BCUT2D eigenvalue weighted by Gasteiger charge is 2.16. The van der Waals surface area contributed by atoms with Gasteiger partial charge in [0.15, 0.2) is 5.82 Å². The molecule has 25 heavy (non-hydrogen) atoms. The topological polar surface area (TPSA) is 119 Å². The van der Waals surface area contributed by atoms with Gasteiger partial charge >= 0.3 is 0 Å². The molecule has 10 nitrogen and oxygen atoms in total. The number of carbonyl (C=O) groups excluding carboxylic acids is 2. The van der Waals surface area contributed by atoms with E-state index in [-0.39, 0.29) is 18.4 Å². The second-order valence-electron chi connectivity index (χ2n) is 5.34. The van der Waals surface area contributed by atoms with Crippen LogP contribution in [0.15, 0.2) is 41.2 Å². The number of nitrogens with zero attached hydrogens (tertiary/aromatic N) is 6. The van der Waals surface area contributed by atoms with E-state index in [1.807, 2.05) is 0 Å². The van der Waals surface area contributed by atoms with Crippen molar-refractivity contribution in [3.05, 3.63) is 48.0 Å². The zero-order chi connectivity index (χ0) is 17.8. The number of hydrogen-bond acceptors (Lipinski definition) is 7. The smallest absolute Gasteiger partial charge is 0.254 e. The Kier molecular flexibility index (Phi) is 4.50. The van der Waals surface area contributed by atoms with Crippen LogP contribution in [0, 0.1) is 6.92 Å². The van der Waals surface area contributed by atoms with Crippen molar-refractivity contribution in [2.45, 2.75) is 6.92 Å². The molecule has 0 spiro atoms. The first kappa shape index (κ1) is 16.3. The Hall–Kier alpha value is -3.56. The van der Waals surface area contributed by atoms with Crippen molar-refractivity contribution in [3.8, 4) is 5.69 Å². The van der Waals surface area contributed by atoms with Crippen LogP contribution >= 0.6 is 0 Å². The van der Waals surface area contributed by atoms with E-state index in [4.69, 9.17) is 4.52 Å². The quantitative estimate of drug-likeness (QED) is 0.724. The number of aromatic nitrogens is 5. The van der Waals surface area contributed by atoms with Crippen LogP contribution in [0.3, 0.4) is 0 Å². The lowest BCUT2D eigenvalue weighted by molar-refractivity contribution is -0.116. The van der Waals surface area contributed by atoms with Gasteiger partial charge in [-0.25, -0.2) is 4.68 Å². The molecule has 0 radical (unpaired) electrons. The van der Waals surface area contributed by atoms with Gasteiger partial charge in [0.05, 0.1) is 12.2 Å². The summed E-state index contributed by atoms with van der Waals surface area (Å²) in [6.45, 7) is 1.59. The van der Waals surface area contributed by atoms with Gasteiger partial charge in [0, 0.05) is 18.7 Å². The maximum Gasteiger partial charge on any atom is 0.254 e. The molecule has 2 heterocycles. The number of carbonyl (C=O) groups is 2. The monoisotopic (exact) mass is 341 g/mol. The van der Waals surface area contributed by atoms with E-state index in [2.05, 4.69) is 26.0 Å². The lowest BCUT2D eigenvalue weighted by Crippen LogP contribution is -2.35. The zero-order valence-corrected chi connectivity index (χ0v) is 13.6. The minimum Gasteiger partial charge on any atom is -0.360 e. The van der Waals surface area contributed by atoms with E-state index in [1.165, 1.54) is 15.9 Å². The number of benzene rings is 1. The average molecular weight is 341 g/mol. The van der Waals surface area contributed by atoms with E-state index in [0.29, 0.717) is 22.8 Å². The highest BCUT2D eigenvalue weighted by Crippen LogP contribution is 2.11. The molecule has 3 rings (SSSR count). The number of tetrazole rings is 1. The van der Waals surface area contributed by atoms with Crippen LogP contribution in [-0.2, 0) is 4.79 Å². The predicted molar refractivity (Wildman–Crippen MR) is 86.0 cm³/mol. The third-order valence-corrected chi connectivity index (χ3v) is 3.33. The van der Waals surface area contributed by atoms with Gasteiger partial charge in [-0.15, -0.1) is 5.10 Å². The molecule has 0 atom stereocenters. The van der Waals surface area contributed by atoms with Crippen molar-refractivity contribution in [1.82, 2.24) is 30.3 Å². The number of amides is 2. The van der Waals surface area contributed by atoms with Crippen molar-refractivity contribution in [3.63, 3.8) is 0 Å². The Morgan fingerprint density at radius 3 is 2.84 bits per heavy atom. The summed E-state index contributed by atoms with van der Waals surface area (Å²) < 4.78 is 6.31. The molecule has 0 saturated heterocycles. The van der Waals surface area contributed by atoms with Gasteiger partial charge in [0.2, 0.25) is 5.91 Å². The van der Waals surface area contributed by atoms with Gasteiger partial charge in [-0.1, -0.05) is 11.2 Å². The van der Waals surface area contributed by atoms with Gasteiger partial charge in [-0.05, 0) is 35.5 Å². The minimum absolute atomic E-state index is 0.125. The van der Waals surface area contributed by atoms with Gasteiger partial charge in [-0.3, -0.25) is 9.59 Å². The second kappa shape index (κ2) is 6.91. The molecule has 0 fully saturated rings. The Morgan fingerprint density at radius 1 is 1.32 bits per heavy atom. The van der Waals surface area contributed by atoms with Crippen LogP contribution in [0.25, 0.3) is 5.69 Å². The Bertz CT molecular complexity index is 888. The summed E-state index contributed by atoms with van der Waals surface area (Å²) in [5.74, 6) is 0.213. The van der Waals surface area contributed by atoms with Crippen LogP contribution in [0.5, 0.6) is 0 Å². The summed E-state index contributed by atoms with van der Waals surface area (Å²) in [7, 11) is 1.54. The number of hydrogen-bond donors (Lipinski definition) is 1. The predicted octanol–water partition coefficient (Wildman–Crippen LogP) is 0.669. The molecule has 1 aromatic carbocycles. The molecule has 3 aromatic rings. The first-order chi connectivity index (χ1) is 12.0. The summed E-state index contributed by atoms with van der Waals surface area (Å²) in [5, 5.41) is 17.1. The molecule has 0 bridgehead atoms. The van der Waals surface area contributed by atoms with E-state index >= 15 is 0 Å². The van der Waals surface area contributed by atoms with Crippen LogP contribution < -0.4 is 5.32 Å². The van der Waals surface area contributed by atoms with Crippen LogP contribution in [-0.4, -0.2) is 55.7 Å². The molecule has 0 aliphatic rings. The highest BCUT2D eigenvalue weighted by molar-refractivity contribution is 5.99. The lowest BCUT2D eigenvalue weighted by Gasteiger charge is -2.16. The summed E-state index contributed by atoms with van der Waals surface area (Å²) in [4.78, 5) is 25.8. The molecular formula is C15H15N7O3.